The Kier molecular flexibility index (Phi) is 2.19. The molecule has 2 aliphatic heterocycles. The topological polar surface area (TPSA) is 38.8 Å². The maximum absolute atomic E-state index is 12.0. The lowest BCUT2D eigenvalue weighted by Gasteiger charge is -2.28. The number of hydroxylamine groups is 1. The van der Waals surface area contributed by atoms with Gasteiger partial charge in [0.1, 0.15) is 0 Å². The highest BCUT2D eigenvalue weighted by Crippen LogP contribution is 2.38. The quantitative estimate of drug-likeness (QED) is 0.759. The van der Waals surface area contributed by atoms with Crippen molar-refractivity contribution in [3.05, 3.63) is 29.8 Å². The van der Waals surface area contributed by atoms with Gasteiger partial charge in [0.05, 0.1) is 5.69 Å². The van der Waals surface area contributed by atoms with Gasteiger partial charge >= 0.3 is 0 Å². The summed E-state index contributed by atoms with van der Waals surface area (Å²) in [5.41, 5.74) is 1.56. The van der Waals surface area contributed by atoms with Crippen LogP contribution in [0.5, 0.6) is 0 Å². The second kappa shape index (κ2) is 3.57. The second-order valence-corrected chi connectivity index (χ2v) is 3.95. The molecular formula is C12H13NO3. The molecule has 0 spiro atoms. The first-order valence-corrected chi connectivity index (χ1v) is 5.52. The molecule has 1 aromatic carbocycles. The Balaban J connectivity index is 2.03. The fourth-order valence-corrected chi connectivity index (χ4v) is 2.27. The minimum Gasteiger partial charge on any atom is -0.356 e. The van der Waals surface area contributed by atoms with E-state index in [1.165, 1.54) is 0 Å². The van der Waals surface area contributed by atoms with Crippen LogP contribution in [-0.2, 0) is 9.57 Å². The van der Waals surface area contributed by atoms with Crippen molar-refractivity contribution in [2.75, 3.05) is 11.7 Å². The van der Waals surface area contributed by atoms with E-state index in [2.05, 4.69) is 0 Å². The number of para-hydroxylation sites is 1. The molecule has 0 N–H and O–H groups in total. The van der Waals surface area contributed by atoms with Crippen LogP contribution in [-0.4, -0.2) is 24.7 Å². The molecule has 0 amide bonds. The summed E-state index contributed by atoms with van der Waals surface area (Å²) in [6.07, 6.45) is 0.107. The van der Waals surface area contributed by atoms with Gasteiger partial charge in [-0.1, -0.05) is 12.1 Å². The summed E-state index contributed by atoms with van der Waals surface area (Å²) in [6.45, 7) is 2.56. The maximum atomic E-state index is 12.0. The molecule has 0 saturated carbocycles. The van der Waals surface area contributed by atoms with Crippen molar-refractivity contribution in [2.45, 2.75) is 25.7 Å². The fourth-order valence-electron chi connectivity index (χ4n) is 2.27. The summed E-state index contributed by atoms with van der Waals surface area (Å²) in [7, 11) is 0. The number of nitrogens with zero attached hydrogens (tertiary/aromatic N) is 1. The number of rotatable bonds is 2. The highest BCUT2D eigenvalue weighted by atomic mass is 16.7. The highest BCUT2D eigenvalue weighted by molar-refractivity contribution is 6.06. The molecule has 1 aromatic rings. The number of hydrogen-bond donors (Lipinski definition) is 0. The molecule has 1 saturated heterocycles. The molecule has 2 heterocycles. The number of ketones is 1. The van der Waals surface area contributed by atoms with Crippen LogP contribution >= 0.6 is 0 Å². The molecule has 0 aliphatic carbocycles. The average molecular weight is 219 g/mol. The zero-order valence-electron chi connectivity index (χ0n) is 9.05. The van der Waals surface area contributed by atoms with Gasteiger partial charge in [0.2, 0.25) is 0 Å². The van der Waals surface area contributed by atoms with Crippen molar-refractivity contribution < 1.29 is 14.4 Å². The van der Waals surface area contributed by atoms with E-state index < -0.39 is 0 Å². The van der Waals surface area contributed by atoms with Gasteiger partial charge in [-0.3, -0.25) is 9.63 Å². The first-order chi connectivity index (χ1) is 7.81. The standard InChI is InChI=1S/C12H13NO3/c1-2-15-11-7-10-12(14)8-5-3-4-6-9(8)13(11)16-10/h3-6,10-11H,2,7H2,1H3/t10-,11+/m1/s1. The van der Waals surface area contributed by atoms with Crippen LogP contribution < -0.4 is 5.06 Å². The minimum atomic E-state index is -0.369. The van der Waals surface area contributed by atoms with E-state index in [9.17, 15) is 4.79 Å². The van der Waals surface area contributed by atoms with Crippen LogP contribution in [0.1, 0.15) is 23.7 Å². The van der Waals surface area contributed by atoms with Crippen LogP contribution in [0.3, 0.4) is 0 Å². The molecule has 0 unspecified atom stereocenters. The fraction of sp³-hybridized carbons (Fsp3) is 0.417. The van der Waals surface area contributed by atoms with Gasteiger partial charge in [0, 0.05) is 18.6 Å². The third kappa shape index (κ3) is 1.27. The molecule has 84 valence electrons. The lowest BCUT2D eigenvalue weighted by Crippen LogP contribution is -2.35. The molecule has 2 bridgehead atoms. The number of benzene rings is 1. The molecule has 4 nitrogen and oxygen atoms in total. The smallest absolute Gasteiger partial charge is 0.196 e. The van der Waals surface area contributed by atoms with Crippen molar-refractivity contribution >= 4 is 11.5 Å². The monoisotopic (exact) mass is 219 g/mol. The lowest BCUT2D eigenvalue weighted by atomic mass is 10.0. The largest absolute Gasteiger partial charge is 0.356 e. The molecule has 16 heavy (non-hydrogen) atoms. The first kappa shape index (κ1) is 9.81. The Morgan fingerprint density at radius 1 is 1.50 bits per heavy atom. The average Bonchev–Trinajstić information content (AvgIpc) is 2.68. The zero-order valence-corrected chi connectivity index (χ0v) is 9.05. The van der Waals surface area contributed by atoms with Crippen molar-refractivity contribution in [3.8, 4) is 0 Å². The van der Waals surface area contributed by atoms with Crippen LogP contribution in [0.15, 0.2) is 24.3 Å². The second-order valence-electron chi connectivity index (χ2n) is 3.95. The maximum Gasteiger partial charge on any atom is 0.196 e. The third-order valence-corrected chi connectivity index (χ3v) is 2.98. The van der Waals surface area contributed by atoms with E-state index in [-0.39, 0.29) is 18.1 Å². The Morgan fingerprint density at radius 2 is 2.31 bits per heavy atom. The van der Waals surface area contributed by atoms with Gasteiger partial charge in [-0.2, -0.15) is 0 Å². The Morgan fingerprint density at radius 3 is 3.12 bits per heavy atom. The van der Waals surface area contributed by atoms with E-state index in [0.29, 0.717) is 13.0 Å². The van der Waals surface area contributed by atoms with Gasteiger partial charge in [-0.05, 0) is 19.1 Å². The molecule has 0 radical (unpaired) electrons. The number of carbonyl (C=O) groups is 1. The number of ether oxygens (including phenoxy) is 1. The Hall–Kier alpha value is -1.39. The van der Waals surface area contributed by atoms with E-state index in [1.54, 1.807) is 5.06 Å². The van der Waals surface area contributed by atoms with Crippen molar-refractivity contribution in [2.24, 2.45) is 0 Å². The van der Waals surface area contributed by atoms with Crippen molar-refractivity contribution in [1.29, 1.82) is 0 Å². The number of anilines is 1. The van der Waals surface area contributed by atoms with Crippen molar-refractivity contribution in [1.82, 2.24) is 0 Å². The van der Waals surface area contributed by atoms with Gasteiger partial charge in [-0.25, -0.2) is 5.06 Å². The number of fused-ring (bicyclic) bond motifs is 4. The molecule has 2 aliphatic rings. The van der Waals surface area contributed by atoms with Crippen LogP contribution in [0.25, 0.3) is 0 Å². The van der Waals surface area contributed by atoms with Crippen LogP contribution in [0.4, 0.5) is 5.69 Å². The molecule has 0 aromatic heterocycles. The lowest BCUT2D eigenvalue weighted by molar-refractivity contribution is 0.0168. The van der Waals surface area contributed by atoms with E-state index in [4.69, 9.17) is 9.57 Å². The normalized spacial score (nSPS) is 27.1. The summed E-state index contributed by atoms with van der Waals surface area (Å²) >= 11 is 0. The van der Waals surface area contributed by atoms with Gasteiger partial charge in [0.25, 0.3) is 0 Å². The number of Topliss-reactive ketones (excluding diaryl/α,β-unsaturated/α-hetero) is 1. The summed E-state index contributed by atoms with van der Waals surface area (Å²) in [5.74, 6) is 0.0639. The summed E-state index contributed by atoms with van der Waals surface area (Å²) in [5, 5.41) is 1.73. The summed E-state index contributed by atoms with van der Waals surface area (Å²) in [4.78, 5) is 17.6. The van der Waals surface area contributed by atoms with Crippen LogP contribution in [0.2, 0.25) is 0 Å². The SMILES string of the molecule is CCO[C@H]1C[C@H]2ON1c1ccccc1C2=O. The predicted molar refractivity (Wildman–Crippen MR) is 58.2 cm³/mol. The highest BCUT2D eigenvalue weighted by Gasteiger charge is 2.44. The number of carbonyl (C=O) groups excluding carboxylic acids is 1. The molecule has 3 rings (SSSR count). The molecule has 4 heteroatoms. The van der Waals surface area contributed by atoms with Gasteiger partial charge in [0.15, 0.2) is 18.1 Å². The van der Waals surface area contributed by atoms with Gasteiger partial charge < -0.3 is 4.74 Å². The molecule has 1 fully saturated rings. The summed E-state index contributed by atoms with van der Waals surface area (Å²) < 4.78 is 5.57. The predicted octanol–water partition coefficient (Wildman–Crippen LogP) is 1.76. The van der Waals surface area contributed by atoms with E-state index in [0.717, 1.165) is 11.3 Å². The first-order valence-electron chi connectivity index (χ1n) is 5.52. The van der Waals surface area contributed by atoms with Gasteiger partial charge in [-0.15, -0.1) is 0 Å². The molecule has 2 atom stereocenters. The minimum absolute atomic E-state index is 0.0639. The molecular weight excluding hydrogens is 206 g/mol. The van der Waals surface area contributed by atoms with Crippen LogP contribution in [0, 0.1) is 0 Å². The van der Waals surface area contributed by atoms with E-state index >= 15 is 0 Å². The van der Waals surface area contributed by atoms with Crippen molar-refractivity contribution in [3.63, 3.8) is 0 Å². The Labute approximate surface area is 93.7 Å². The number of hydrogen-bond acceptors (Lipinski definition) is 4. The van der Waals surface area contributed by atoms with E-state index in [1.807, 2.05) is 31.2 Å². The Bertz CT molecular complexity index is 432. The summed E-state index contributed by atoms with van der Waals surface area (Å²) in [6, 6.07) is 7.50. The zero-order chi connectivity index (χ0) is 11.1. The third-order valence-electron chi connectivity index (χ3n) is 2.98.